The van der Waals surface area contributed by atoms with Crippen LogP contribution in [0.15, 0.2) is 12.3 Å². The predicted molar refractivity (Wildman–Crippen MR) is 59.1 cm³/mol. The SMILES string of the molecule is CC1CC1CNc1ncc(C#N)cc1N. The van der Waals surface area contributed by atoms with E-state index in [2.05, 4.69) is 17.2 Å². The van der Waals surface area contributed by atoms with Crippen molar-refractivity contribution in [3.63, 3.8) is 0 Å². The molecule has 2 unspecified atom stereocenters. The van der Waals surface area contributed by atoms with E-state index in [0.29, 0.717) is 17.1 Å². The van der Waals surface area contributed by atoms with Crippen molar-refractivity contribution in [1.82, 2.24) is 4.98 Å². The largest absolute Gasteiger partial charge is 0.396 e. The molecule has 0 aromatic carbocycles. The monoisotopic (exact) mass is 202 g/mol. The molecule has 4 heteroatoms. The first kappa shape index (κ1) is 9.78. The number of nitrogens with two attached hydrogens (primary N) is 1. The Balaban J connectivity index is 1.99. The molecule has 0 bridgehead atoms. The number of aromatic nitrogens is 1. The Morgan fingerprint density at radius 3 is 3.00 bits per heavy atom. The average molecular weight is 202 g/mol. The lowest BCUT2D eigenvalue weighted by Gasteiger charge is -2.07. The molecule has 3 N–H and O–H groups in total. The molecule has 2 atom stereocenters. The number of anilines is 2. The number of rotatable bonds is 3. The number of nitriles is 1. The first-order valence-electron chi connectivity index (χ1n) is 5.10. The summed E-state index contributed by atoms with van der Waals surface area (Å²) in [7, 11) is 0. The second-order valence-corrected chi connectivity index (χ2v) is 4.13. The highest BCUT2D eigenvalue weighted by molar-refractivity contribution is 5.63. The number of pyridine rings is 1. The molecule has 15 heavy (non-hydrogen) atoms. The Kier molecular flexibility index (Phi) is 2.46. The van der Waals surface area contributed by atoms with Crippen molar-refractivity contribution in [3.05, 3.63) is 17.8 Å². The van der Waals surface area contributed by atoms with Gasteiger partial charge in [-0.05, 0) is 24.3 Å². The predicted octanol–water partition coefficient (Wildman–Crippen LogP) is 1.60. The fourth-order valence-electron chi connectivity index (χ4n) is 1.60. The van der Waals surface area contributed by atoms with E-state index in [0.717, 1.165) is 18.4 Å². The molecule has 1 heterocycles. The van der Waals surface area contributed by atoms with Gasteiger partial charge in [0, 0.05) is 12.7 Å². The minimum Gasteiger partial charge on any atom is -0.396 e. The van der Waals surface area contributed by atoms with Gasteiger partial charge in [0.15, 0.2) is 0 Å². The van der Waals surface area contributed by atoms with Gasteiger partial charge in [-0.2, -0.15) is 5.26 Å². The van der Waals surface area contributed by atoms with Gasteiger partial charge in [0.1, 0.15) is 11.9 Å². The number of hydrogen-bond donors (Lipinski definition) is 2. The van der Waals surface area contributed by atoms with Crippen molar-refractivity contribution in [2.24, 2.45) is 11.8 Å². The summed E-state index contributed by atoms with van der Waals surface area (Å²) in [5, 5.41) is 11.9. The second kappa shape index (κ2) is 3.77. The van der Waals surface area contributed by atoms with Crippen LogP contribution in [0.4, 0.5) is 11.5 Å². The molecule has 1 aliphatic rings. The van der Waals surface area contributed by atoms with Crippen molar-refractivity contribution in [3.8, 4) is 6.07 Å². The number of nitrogen functional groups attached to an aromatic ring is 1. The lowest BCUT2D eigenvalue weighted by molar-refractivity contribution is 0.785. The minimum absolute atomic E-state index is 0.498. The van der Waals surface area contributed by atoms with Gasteiger partial charge >= 0.3 is 0 Å². The van der Waals surface area contributed by atoms with Crippen molar-refractivity contribution in [2.45, 2.75) is 13.3 Å². The maximum Gasteiger partial charge on any atom is 0.149 e. The fraction of sp³-hybridized carbons (Fsp3) is 0.455. The summed E-state index contributed by atoms with van der Waals surface area (Å²) in [5.41, 5.74) is 6.80. The van der Waals surface area contributed by atoms with Crippen LogP contribution in [0.3, 0.4) is 0 Å². The van der Waals surface area contributed by atoms with E-state index in [-0.39, 0.29) is 0 Å². The van der Waals surface area contributed by atoms with Crippen LogP contribution in [-0.2, 0) is 0 Å². The molecule has 0 amide bonds. The van der Waals surface area contributed by atoms with E-state index in [1.165, 1.54) is 12.6 Å². The zero-order valence-corrected chi connectivity index (χ0v) is 8.70. The summed E-state index contributed by atoms with van der Waals surface area (Å²) in [6, 6.07) is 3.65. The van der Waals surface area contributed by atoms with Crippen LogP contribution in [0.25, 0.3) is 0 Å². The minimum atomic E-state index is 0.498. The van der Waals surface area contributed by atoms with Crippen molar-refractivity contribution in [1.29, 1.82) is 5.26 Å². The lowest BCUT2D eigenvalue weighted by atomic mass is 10.2. The summed E-state index contributed by atoms with van der Waals surface area (Å²) in [5.74, 6) is 2.26. The Bertz CT molecular complexity index is 408. The molecular weight excluding hydrogens is 188 g/mol. The molecule has 1 saturated carbocycles. The number of hydrogen-bond acceptors (Lipinski definition) is 4. The summed E-state index contributed by atoms with van der Waals surface area (Å²) < 4.78 is 0. The van der Waals surface area contributed by atoms with Gasteiger partial charge in [-0.3, -0.25) is 0 Å². The maximum absolute atomic E-state index is 8.65. The van der Waals surface area contributed by atoms with Gasteiger partial charge in [0.25, 0.3) is 0 Å². The smallest absolute Gasteiger partial charge is 0.149 e. The molecule has 78 valence electrons. The van der Waals surface area contributed by atoms with Gasteiger partial charge in [0.05, 0.1) is 11.3 Å². The van der Waals surface area contributed by atoms with Crippen LogP contribution in [0, 0.1) is 23.2 Å². The molecule has 0 radical (unpaired) electrons. The summed E-state index contributed by atoms with van der Waals surface area (Å²) in [6.45, 7) is 3.16. The van der Waals surface area contributed by atoms with Gasteiger partial charge in [-0.25, -0.2) is 4.98 Å². The van der Waals surface area contributed by atoms with Crippen LogP contribution in [0.5, 0.6) is 0 Å². The third-order valence-corrected chi connectivity index (χ3v) is 2.85. The van der Waals surface area contributed by atoms with Crippen molar-refractivity contribution in [2.75, 3.05) is 17.6 Å². The second-order valence-electron chi connectivity index (χ2n) is 4.13. The molecule has 1 fully saturated rings. The van der Waals surface area contributed by atoms with E-state index in [1.54, 1.807) is 6.07 Å². The third kappa shape index (κ3) is 2.18. The molecule has 4 nitrogen and oxygen atoms in total. The van der Waals surface area contributed by atoms with E-state index in [9.17, 15) is 0 Å². The van der Waals surface area contributed by atoms with Gasteiger partial charge in [0.2, 0.25) is 0 Å². The first-order valence-corrected chi connectivity index (χ1v) is 5.10. The normalized spacial score (nSPS) is 23.2. The summed E-state index contributed by atoms with van der Waals surface area (Å²) in [6.07, 6.45) is 2.82. The van der Waals surface area contributed by atoms with Crippen LogP contribution in [0.2, 0.25) is 0 Å². The van der Waals surface area contributed by atoms with Crippen molar-refractivity contribution >= 4 is 11.5 Å². The Morgan fingerprint density at radius 1 is 1.73 bits per heavy atom. The first-order chi connectivity index (χ1) is 7.20. The number of nitrogens with zero attached hydrogens (tertiary/aromatic N) is 2. The highest BCUT2D eigenvalue weighted by Crippen LogP contribution is 2.37. The molecule has 1 aromatic heterocycles. The summed E-state index contributed by atoms with van der Waals surface area (Å²) >= 11 is 0. The van der Waals surface area contributed by atoms with Crippen molar-refractivity contribution < 1.29 is 0 Å². The molecule has 1 aromatic rings. The Labute approximate surface area is 89.1 Å². The molecular formula is C11H14N4. The Morgan fingerprint density at radius 2 is 2.47 bits per heavy atom. The number of nitrogens with one attached hydrogen (secondary N) is 1. The average Bonchev–Trinajstić information content (AvgIpc) is 2.93. The van der Waals surface area contributed by atoms with Crippen LogP contribution < -0.4 is 11.1 Å². The molecule has 0 aliphatic heterocycles. The fourth-order valence-corrected chi connectivity index (χ4v) is 1.60. The molecule has 1 aliphatic carbocycles. The van der Waals surface area contributed by atoms with Gasteiger partial charge < -0.3 is 11.1 Å². The third-order valence-electron chi connectivity index (χ3n) is 2.85. The van der Waals surface area contributed by atoms with Gasteiger partial charge in [-0.15, -0.1) is 0 Å². The topological polar surface area (TPSA) is 74.7 Å². The lowest BCUT2D eigenvalue weighted by Crippen LogP contribution is -2.08. The van der Waals surface area contributed by atoms with Crippen LogP contribution in [-0.4, -0.2) is 11.5 Å². The van der Waals surface area contributed by atoms with Crippen LogP contribution >= 0.6 is 0 Å². The quantitative estimate of drug-likeness (QED) is 0.780. The van der Waals surface area contributed by atoms with E-state index in [1.807, 2.05) is 6.07 Å². The molecule has 0 spiro atoms. The highest BCUT2D eigenvalue weighted by atomic mass is 15.0. The zero-order chi connectivity index (χ0) is 10.8. The molecule has 0 saturated heterocycles. The van der Waals surface area contributed by atoms with E-state index in [4.69, 9.17) is 11.0 Å². The standard InChI is InChI=1S/C11H14N4/c1-7-2-9(7)6-15-11-10(13)3-8(4-12)5-14-11/h3,5,7,9H,2,6,13H2,1H3,(H,14,15). The van der Waals surface area contributed by atoms with E-state index >= 15 is 0 Å². The highest BCUT2D eigenvalue weighted by Gasteiger charge is 2.32. The van der Waals surface area contributed by atoms with Crippen LogP contribution in [0.1, 0.15) is 18.9 Å². The van der Waals surface area contributed by atoms with E-state index < -0.39 is 0 Å². The maximum atomic E-state index is 8.65. The Hall–Kier alpha value is -1.76. The molecule has 2 rings (SSSR count). The van der Waals surface area contributed by atoms with Gasteiger partial charge in [-0.1, -0.05) is 6.92 Å². The zero-order valence-electron chi connectivity index (χ0n) is 8.70. The summed E-state index contributed by atoms with van der Waals surface area (Å²) in [4.78, 5) is 4.12.